The van der Waals surface area contributed by atoms with Crippen LogP contribution in [0.1, 0.15) is 47.5 Å². The molecule has 7 heteroatoms. The number of carbonyl (C=O) groups is 3. The molecule has 0 aromatic carbocycles. The predicted octanol–water partition coefficient (Wildman–Crippen LogP) is 1.93. The number of fused-ring (bicyclic) bond motifs is 2. The lowest BCUT2D eigenvalue weighted by Crippen LogP contribution is -2.39. The fraction of sp³-hybridized carbons (Fsp3) is 0.737. The Kier molecular flexibility index (Phi) is 4.86. The largest absolute Gasteiger partial charge is 0.459 e. The molecule has 3 rings (SSSR count). The SMILES string of the molecule is CC(=O)OC1CC2OC2(C)C(OC(C)=O)CC2C(C=C1C)OC(=O)C2C. The first kappa shape index (κ1) is 18.9. The first-order chi connectivity index (χ1) is 12.1. The molecule has 3 aliphatic rings. The van der Waals surface area contributed by atoms with E-state index in [1.54, 1.807) is 0 Å². The Morgan fingerprint density at radius 3 is 2.46 bits per heavy atom. The number of hydrogen-bond acceptors (Lipinski definition) is 7. The van der Waals surface area contributed by atoms with Crippen molar-refractivity contribution in [1.82, 2.24) is 0 Å². The topological polar surface area (TPSA) is 91.4 Å². The predicted molar refractivity (Wildman–Crippen MR) is 89.9 cm³/mol. The van der Waals surface area contributed by atoms with Crippen molar-refractivity contribution in [1.29, 1.82) is 0 Å². The summed E-state index contributed by atoms with van der Waals surface area (Å²) in [7, 11) is 0. The van der Waals surface area contributed by atoms with E-state index in [4.69, 9.17) is 18.9 Å². The molecule has 7 unspecified atom stereocenters. The Balaban J connectivity index is 1.96. The molecule has 0 aromatic heterocycles. The Bertz CT molecular complexity index is 654. The monoisotopic (exact) mass is 366 g/mol. The Hall–Kier alpha value is -1.89. The van der Waals surface area contributed by atoms with Crippen LogP contribution in [0.3, 0.4) is 0 Å². The molecule has 0 N–H and O–H groups in total. The minimum absolute atomic E-state index is 0.139. The second-order valence-electron chi connectivity index (χ2n) is 7.72. The molecule has 1 aliphatic carbocycles. The maximum absolute atomic E-state index is 12.1. The average molecular weight is 366 g/mol. The van der Waals surface area contributed by atoms with Crippen LogP contribution in [0, 0.1) is 11.8 Å². The summed E-state index contributed by atoms with van der Waals surface area (Å²) < 4.78 is 22.4. The molecule has 2 saturated heterocycles. The van der Waals surface area contributed by atoms with Crippen LogP contribution in [0.15, 0.2) is 11.6 Å². The van der Waals surface area contributed by atoms with E-state index in [1.165, 1.54) is 13.8 Å². The third-order valence-electron chi connectivity index (χ3n) is 5.77. The van der Waals surface area contributed by atoms with Gasteiger partial charge in [-0.05, 0) is 31.9 Å². The molecule has 0 saturated carbocycles. The lowest BCUT2D eigenvalue weighted by atomic mass is 9.80. The molecule has 7 atom stereocenters. The molecule has 2 fully saturated rings. The fourth-order valence-corrected chi connectivity index (χ4v) is 4.06. The summed E-state index contributed by atoms with van der Waals surface area (Å²) in [4.78, 5) is 35.2. The molecule has 2 heterocycles. The van der Waals surface area contributed by atoms with E-state index in [0.29, 0.717) is 12.8 Å². The van der Waals surface area contributed by atoms with Gasteiger partial charge >= 0.3 is 17.9 Å². The van der Waals surface area contributed by atoms with Crippen LogP contribution in [0.5, 0.6) is 0 Å². The van der Waals surface area contributed by atoms with Crippen molar-refractivity contribution in [3.63, 3.8) is 0 Å². The van der Waals surface area contributed by atoms with Crippen molar-refractivity contribution in [2.45, 2.75) is 77.5 Å². The molecule has 7 nitrogen and oxygen atoms in total. The van der Waals surface area contributed by atoms with Gasteiger partial charge in [0.2, 0.25) is 0 Å². The zero-order valence-electron chi connectivity index (χ0n) is 15.8. The molecule has 0 amide bonds. The number of rotatable bonds is 2. The quantitative estimate of drug-likeness (QED) is 0.319. The highest BCUT2D eigenvalue weighted by Gasteiger charge is 2.61. The molecular formula is C19H26O7. The standard InChI is InChI=1S/C19H26O7/c1-9-6-15-13(10(2)18(22)25-15)7-16(24-12(4)21)19(5)17(26-19)8-14(9)23-11(3)20/h6,10,13-17H,7-8H2,1-5H3. The lowest BCUT2D eigenvalue weighted by molar-refractivity contribution is -0.151. The van der Waals surface area contributed by atoms with E-state index in [-0.39, 0.29) is 35.8 Å². The van der Waals surface area contributed by atoms with Crippen LogP contribution in [-0.2, 0) is 33.3 Å². The van der Waals surface area contributed by atoms with Crippen molar-refractivity contribution >= 4 is 17.9 Å². The number of carbonyl (C=O) groups excluding carboxylic acids is 3. The van der Waals surface area contributed by atoms with Crippen LogP contribution in [-0.4, -0.2) is 47.9 Å². The van der Waals surface area contributed by atoms with Crippen molar-refractivity contribution in [2.75, 3.05) is 0 Å². The molecule has 0 bridgehead atoms. The van der Waals surface area contributed by atoms with E-state index in [1.807, 2.05) is 26.8 Å². The molecular weight excluding hydrogens is 340 g/mol. The van der Waals surface area contributed by atoms with E-state index < -0.39 is 23.9 Å². The van der Waals surface area contributed by atoms with Gasteiger partial charge < -0.3 is 18.9 Å². The van der Waals surface area contributed by atoms with E-state index in [9.17, 15) is 14.4 Å². The second-order valence-corrected chi connectivity index (χ2v) is 7.72. The Morgan fingerprint density at radius 2 is 1.85 bits per heavy atom. The highest BCUT2D eigenvalue weighted by Crippen LogP contribution is 2.48. The summed E-state index contributed by atoms with van der Waals surface area (Å²) in [5, 5.41) is 0. The second kappa shape index (κ2) is 6.68. The maximum atomic E-state index is 12.1. The molecule has 0 spiro atoms. The van der Waals surface area contributed by atoms with Crippen molar-refractivity contribution in [2.24, 2.45) is 11.8 Å². The third-order valence-corrected chi connectivity index (χ3v) is 5.77. The molecule has 0 radical (unpaired) electrons. The van der Waals surface area contributed by atoms with E-state index in [2.05, 4.69) is 0 Å². The number of esters is 3. The van der Waals surface area contributed by atoms with Crippen LogP contribution in [0.2, 0.25) is 0 Å². The van der Waals surface area contributed by atoms with Crippen LogP contribution >= 0.6 is 0 Å². The molecule has 2 aliphatic heterocycles. The van der Waals surface area contributed by atoms with Gasteiger partial charge in [-0.15, -0.1) is 0 Å². The molecule has 144 valence electrons. The van der Waals surface area contributed by atoms with Gasteiger partial charge in [0.1, 0.15) is 23.9 Å². The zero-order chi connectivity index (χ0) is 19.2. The summed E-state index contributed by atoms with van der Waals surface area (Å²) in [6, 6.07) is 0. The third kappa shape index (κ3) is 3.49. The van der Waals surface area contributed by atoms with E-state index in [0.717, 1.165) is 5.57 Å². The van der Waals surface area contributed by atoms with Crippen molar-refractivity contribution in [3.8, 4) is 0 Å². The average Bonchev–Trinajstić information content (AvgIpc) is 3.11. The molecule has 0 aromatic rings. The van der Waals surface area contributed by atoms with Crippen LogP contribution < -0.4 is 0 Å². The van der Waals surface area contributed by atoms with Crippen LogP contribution in [0.25, 0.3) is 0 Å². The van der Waals surface area contributed by atoms with Crippen molar-refractivity contribution < 1.29 is 33.3 Å². The van der Waals surface area contributed by atoms with Gasteiger partial charge in [0.05, 0.1) is 12.0 Å². The smallest absolute Gasteiger partial charge is 0.309 e. The van der Waals surface area contributed by atoms with Gasteiger partial charge in [-0.2, -0.15) is 0 Å². The van der Waals surface area contributed by atoms with Crippen molar-refractivity contribution in [3.05, 3.63) is 11.6 Å². The minimum Gasteiger partial charge on any atom is -0.459 e. The number of ether oxygens (including phenoxy) is 4. The highest BCUT2D eigenvalue weighted by atomic mass is 16.6. The minimum atomic E-state index is -0.655. The summed E-state index contributed by atoms with van der Waals surface area (Å²) >= 11 is 0. The van der Waals surface area contributed by atoms with Gasteiger partial charge in [-0.25, -0.2) is 0 Å². The Labute approximate surface area is 153 Å². The van der Waals surface area contributed by atoms with E-state index >= 15 is 0 Å². The van der Waals surface area contributed by atoms with Gasteiger partial charge in [-0.1, -0.05) is 6.92 Å². The molecule has 26 heavy (non-hydrogen) atoms. The summed E-state index contributed by atoms with van der Waals surface area (Å²) in [5.41, 5.74) is 0.179. The summed E-state index contributed by atoms with van der Waals surface area (Å²) in [6.45, 7) is 8.31. The normalized spacial score (nSPS) is 41.9. The van der Waals surface area contributed by atoms with Gasteiger partial charge in [0.15, 0.2) is 0 Å². The van der Waals surface area contributed by atoms with Gasteiger partial charge in [0, 0.05) is 26.2 Å². The first-order valence-electron chi connectivity index (χ1n) is 9.03. The fourth-order valence-electron chi connectivity index (χ4n) is 4.06. The van der Waals surface area contributed by atoms with Gasteiger partial charge in [-0.3, -0.25) is 14.4 Å². The lowest BCUT2D eigenvalue weighted by Gasteiger charge is -2.29. The Morgan fingerprint density at radius 1 is 1.19 bits per heavy atom. The highest BCUT2D eigenvalue weighted by molar-refractivity contribution is 5.75. The zero-order valence-corrected chi connectivity index (χ0v) is 15.8. The summed E-state index contributed by atoms with van der Waals surface area (Å²) in [6.07, 6.45) is 1.22. The number of hydrogen-bond donors (Lipinski definition) is 0. The van der Waals surface area contributed by atoms with Crippen LogP contribution in [0.4, 0.5) is 0 Å². The first-order valence-corrected chi connectivity index (χ1v) is 9.03. The number of epoxide rings is 1. The maximum Gasteiger partial charge on any atom is 0.309 e. The summed E-state index contributed by atoms with van der Waals surface area (Å²) in [5.74, 6) is -1.49. The van der Waals surface area contributed by atoms with Gasteiger partial charge in [0.25, 0.3) is 0 Å².